The van der Waals surface area contributed by atoms with E-state index in [4.69, 9.17) is 4.74 Å². The van der Waals surface area contributed by atoms with E-state index in [0.29, 0.717) is 13.0 Å². The first-order valence-electron chi connectivity index (χ1n) is 7.15. The average molecular weight is 274 g/mol. The second kappa shape index (κ2) is 6.25. The molecule has 0 aromatic heterocycles. The Kier molecular flexibility index (Phi) is 5.15. The van der Waals surface area contributed by atoms with Gasteiger partial charge in [-0.05, 0) is 36.8 Å². The van der Waals surface area contributed by atoms with Crippen LogP contribution in [0.2, 0.25) is 0 Å². The Labute approximate surface area is 122 Å². The molecule has 0 saturated heterocycles. The largest absolute Gasteiger partial charge is 0.465 e. The van der Waals surface area contributed by atoms with Crippen LogP contribution in [0, 0.1) is 0 Å². The molecule has 0 heterocycles. The van der Waals surface area contributed by atoms with Crippen molar-refractivity contribution < 1.29 is 9.53 Å². The smallest absolute Gasteiger partial charge is 0.316 e. The van der Waals surface area contributed by atoms with Gasteiger partial charge in [0, 0.05) is 0 Å². The van der Waals surface area contributed by atoms with Gasteiger partial charge in [-0.25, -0.2) is 0 Å². The lowest BCUT2D eigenvalue weighted by Crippen LogP contribution is -2.34. The van der Waals surface area contributed by atoms with Crippen LogP contribution in [0.1, 0.15) is 52.2 Å². The van der Waals surface area contributed by atoms with Gasteiger partial charge in [0.25, 0.3) is 0 Å². The van der Waals surface area contributed by atoms with Crippen LogP contribution in [-0.2, 0) is 20.4 Å². The Balaban J connectivity index is 3.16. The zero-order valence-electron chi connectivity index (χ0n) is 13.3. The maximum Gasteiger partial charge on any atom is 0.316 e. The fraction of sp³-hybridized carbons (Fsp3) is 0.500. The van der Waals surface area contributed by atoms with Gasteiger partial charge < -0.3 is 4.74 Å². The molecule has 1 atom stereocenters. The molecule has 110 valence electrons. The molecule has 1 rings (SSSR count). The van der Waals surface area contributed by atoms with Crippen LogP contribution in [0.3, 0.4) is 0 Å². The minimum atomic E-state index is -0.659. The maximum absolute atomic E-state index is 12.3. The van der Waals surface area contributed by atoms with E-state index in [0.717, 1.165) is 5.56 Å². The summed E-state index contributed by atoms with van der Waals surface area (Å²) in [7, 11) is 0. The van der Waals surface area contributed by atoms with Crippen molar-refractivity contribution in [3.8, 4) is 0 Å². The van der Waals surface area contributed by atoms with E-state index in [1.165, 1.54) is 5.56 Å². The average Bonchev–Trinajstić information content (AvgIpc) is 2.38. The van der Waals surface area contributed by atoms with Crippen molar-refractivity contribution >= 4 is 5.97 Å². The van der Waals surface area contributed by atoms with Gasteiger partial charge >= 0.3 is 5.97 Å². The standard InChI is InChI=1S/C18H26O2/c1-7-13-18(6,16(19)20-8-2)15-11-9-14(10-12-15)17(3,4)5/h7,9-12H,1,8,13H2,2-6H3. The van der Waals surface area contributed by atoms with Gasteiger partial charge in [0.1, 0.15) is 0 Å². The molecule has 0 saturated carbocycles. The van der Waals surface area contributed by atoms with Crippen LogP contribution in [-0.4, -0.2) is 12.6 Å². The second-order valence-corrected chi connectivity index (χ2v) is 6.37. The predicted octanol–water partition coefficient (Wildman–Crippen LogP) is 4.38. The first-order chi connectivity index (χ1) is 9.25. The lowest BCUT2D eigenvalue weighted by atomic mass is 9.77. The van der Waals surface area contributed by atoms with Gasteiger partial charge in [-0.15, -0.1) is 6.58 Å². The zero-order chi connectivity index (χ0) is 15.4. The summed E-state index contributed by atoms with van der Waals surface area (Å²) in [5.74, 6) is -0.191. The molecule has 20 heavy (non-hydrogen) atoms. The summed E-state index contributed by atoms with van der Waals surface area (Å²) in [6.07, 6.45) is 2.34. The molecule has 0 fully saturated rings. The third-order valence-electron chi connectivity index (χ3n) is 3.67. The van der Waals surface area contributed by atoms with E-state index in [1.807, 2.05) is 26.0 Å². The topological polar surface area (TPSA) is 26.3 Å². The number of benzene rings is 1. The molecule has 1 unspecified atom stereocenters. The second-order valence-electron chi connectivity index (χ2n) is 6.37. The highest BCUT2D eigenvalue weighted by molar-refractivity contribution is 5.83. The highest BCUT2D eigenvalue weighted by Gasteiger charge is 2.35. The summed E-state index contributed by atoms with van der Waals surface area (Å²) >= 11 is 0. The van der Waals surface area contributed by atoms with Crippen molar-refractivity contribution in [1.29, 1.82) is 0 Å². The number of esters is 1. The van der Waals surface area contributed by atoms with Gasteiger partial charge in [0.2, 0.25) is 0 Å². The van der Waals surface area contributed by atoms with E-state index in [-0.39, 0.29) is 11.4 Å². The van der Waals surface area contributed by atoms with Crippen LogP contribution in [0.5, 0.6) is 0 Å². The van der Waals surface area contributed by atoms with Gasteiger partial charge in [0.05, 0.1) is 12.0 Å². The van der Waals surface area contributed by atoms with Gasteiger partial charge in [-0.3, -0.25) is 4.79 Å². The summed E-state index contributed by atoms with van der Waals surface area (Å²) < 4.78 is 5.22. The lowest BCUT2D eigenvalue weighted by molar-refractivity contribution is -0.149. The van der Waals surface area contributed by atoms with E-state index in [1.54, 1.807) is 6.08 Å². The lowest BCUT2D eigenvalue weighted by Gasteiger charge is -2.27. The Hall–Kier alpha value is -1.57. The predicted molar refractivity (Wildman–Crippen MR) is 83.9 cm³/mol. The third-order valence-corrected chi connectivity index (χ3v) is 3.67. The molecule has 1 aromatic carbocycles. The number of rotatable bonds is 5. The molecule has 0 radical (unpaired) electrons. The molecule has 0 aliphatic heterocycles. The first-order valence-corrected chi connectivity index (χ1v) is 7.15. The first kappa shape index (κ1) is 16.5. The van der Waals surface area contributed by atoms with Crippen LogP contribution >= 0.6 is 0 Å². The van der Waals surface area contributed by atoms with Crippen LogP contribution in [0.15, 0.2) is 36.9 Å². The van der Waals surface area contributed by atoms with Crippen LogP contribution in [0.25, 0.3) is 0 Å². The fourth-order valence-electron chi connectivity index (χ4n) is 2.24. The Morgan fingerprint density at radius 1 is 1.15 bits per heavy atom. The van der Waals surface area contributed by atoms with Crippen LogP contribution in [0.4, 0.5) is 0 Å². The van der Waals surface area contributed by atoms with Crippen molar-refractivity contribution in [3.05, 3.63) is 48.0 Å². The minimum absolute atomic E-state index is 0.108. The highest BCUT2D eigenvalue weighted by atomic mass is 16.5. The molecular formula is C18H26O2. The number of hydrogen-bond acceptors (Lipinski definition) is 2. The summed E-state index contributed by atoms with van der Waals surface area (Å²) in [6.45, 7) is 14.4. The number of allylic oxidation sites excluding steroid dienone is 1. The Morgan fingerprint density at radius 3 is 2.05 bits per heavy atom. The van der Waals surface area contributed by atoms with Gasteiger partial charge in [0.15, 0.2) is 0 Å². The summed E-state index contributed by atoms with van der Waals surface area (Å²) in [4.78, 5) is 12.3. The van der Waals surface area contributed by atoms with E-state index >= 15 is 0 Å². The number of carbonyl (C=O) groups excluding carboxylic acids is 1. The monoisotopic (exact) mass is 274 g/mol. The number of carbonyl (C=O) groups is 1. The molecule has 1 aromatic rings. The third kappa shape index (κ3) is 3.50. The SMILES string of the molecule is C=CCC(C)(C(=O)OCC)c1ccc(C(C)(C)C)cc1. The maximum atomic E-state index is 12.3. The molecule has 2 nitrogen and oxygen atoms in total. The summed E-state index contributed by atoms with van der Waals surface area (Å²) in [6, 6.07) is 8.24. The molecule has 0 N–H and O–H groups in total. The Morgan fingerprint density at radius 2 is 1.65 bits per heavy atom. The molecule has 0 amide bonds. The van der Waals surface area contributed by atoms with Gasteiger partial charge in [-0.1, -0.05) is 51.1 Å². The Bertz CT molecular complexity index is 465. The normalized spacial score (nSPS) is 14.4. The van der Waals surface area contributed by atoms with Crippen molar-refractivity contribution in [2.24, 2.45) is 0 Å². The molecule has 0 aliphatic carbocycles. The van der Waals surface area contributed by atoms with Crippen molar-refractivity contribution in [2.45, 2.75) is 51.9 Å². The quantitative estimate of drug-likeness (QED) is 0.588. The van der Waals surface area contributed by atoms with E-state index < -0.39 is 5.41 Å². The summed E-state index contributed by atoms with van der Waals surface area (Å²) in [5, 5.41) is 0. The van der Waals surface area contributed by atoms with E-state index in [2.05, 4.69) is 39.5 Å². The molecule has 0 aliphatic rings. The number of hydrogen-bond donors (Lipinski definition) is 0. The minimum Gasteiger partial charge on any atom is -0.465 e. The summed E-state index contributed by atoms with van der Waals surface area (Å²) in [5.41, 5.74) is 1.68. The molecule has 0 bridgehead atoms. The highest BCUT2D eigenvalue weighted by Crippen LogP contribution is 2.32. The molecular weight excluding hydrogens is 248 g/mol. The van der Waals surface area contributed by atoms with Crippen LogP contribution < -0.4 is 0 Å². The van der Waals surface area contributed by atoms with Gasteiger partial charge in [-0.2, -0.15) is 0 Å². The fourth-order valence-corrected chi connectivity index (χ4v) is 2.24. The van der Waals surface area contributed by atoms with Crippen molar-refractivity contribution in [1.82, 2.24) is 0 Å². The zero-order valence-corrected chi connectivity index (χ0v) is 13.3. The molecule has 2 heteroatoms. The number of ether oxygens (including phenoxy) is 1. The van der Waals surface area contributed by atoms with Crippen molar-refractivity contribution in [3.63, 3.8) is 0 Å². The van der Waals surface area contributed by atoms with Crippen molar-refractivity contribution in [2.75, 3.05) is 6.61 Å². The van der Waals surface area contributed by atoms with E-state index in [9.17, 15) is 4.79 Å². The molecule has 0 spiro atoms.